The van der Waals surface area contributed by atoms with E-state index in [2.05, 4.69) is 0 Å². The van der Waals surface area contributed by atoms with Gasteiger partial charge in [-0.05, 0) is 25.7 Å². The first-order valence-corrected chi connectivity index (χ1v) is 4.86. The topological polar surface area (TPSA) is 23.5 Å². The predicted octanol–water partition coefficient (Wildman–Crippen LogP) is 1.95. The van der Waals surface area contributed by atoms with Crippen LogP contribution in [0.25, 0.3) is 0 Å². The highest BCUT2D eigenvalue weighted by Gasteiger charge is 2.18. The standard InChI is InChI=1S/C11H15F2NO/c1-3-14(2)7-10(15)11-8(12)5-4-6-9(11)13/h4-6,10,15H,3,7H2,1-2H3. The first kappa shape index (κ1) is 12.1. The summed E-state index contributed by atoms with van der Waals surface area (Å²) < 4.78 is 26.5. The summed E-state index contributed by atoms with van der Waals surface area (Å²) in [5.41, 5.74) is -0.252. The van der Waals surface area contributed by atoms with Gasteiger partial charge in [0, 0.05) is 6.54 Å². The molecule has 15 heavy (non-hydrogen) atoms. The lowest BCUT2D eigenvalue weighted by atomic mass is 10.1. The zero-order valence-corrected chi connectivity index (χ0v) is 8.87. The summed E-state index contributed by atoms with van der Waals surface area (Å²) in [4.78, 5) is 1.79. The van der Waals surface area contributed by atoms with E-state index in [9.17, 15) is 13.9 Å². The Morgan fingerprint density at radius 2 is 1.87 bits per heavy atom. The van der Waals surface area contributed by atoms with Crippen LogP contribution in [-0.2, 0) is 0 Å². The SMILES string of the molecule is CCN(C)CC(O)c1c(F)cccc1F. The molecule has 4 heteroatoms. The smallest absolute Gasteiger partial charge is 0.131 e. The third kappa shape index (κ3) is 2.97. The Labute approximate surface area is 88.1 Å². The molecule has 0 aromatic heterocycles. The second-order valence-corrected chi connectivity index (χ2v) is 3.51. The second kappa shape index (κ2) is 5.19. The van der Waals surface area contributed by atoms with Gasteiger partial charge in [-0.2, -0.15) is 0 Å². The number of aliphatic hydroxyl groups is 1. The first-order valence-electron chi connectivity index (χ1n) is 4.86. The van der Waals surface area contributed by atoms with Crippen LogP contribution in [0, 0.1) is 11.6 Å². The number of hydrogen-bond acceptors (Lipinski definition) is 2. The van der Waals surface area contributed by atoms with E-state index in [1.54, 1.807) is 11.9 Å². The summed E-state index contributed by atoms with van der Waals surface area (Å²) in [6.45, 7) is 2.84. The van der Waals surface area contributed by atoms with Crippen molar-refractivity contribution >= 4 is 0 Å². The highest BCUT2D eigenvalue weighted by molar-refractivity contribution is 5.22. The van der Waals surface area contributed by atoms with E-state index in [1.807, 2.05) is 6.92 Å². The molecule has 1 aromatic rings. The first-order chi connectivity index (χ1) is 7.06. The molecular formula is C11H15F2NO. The van der Waals surface area contributed by atoms with Gasteiger partial charge in [-0.1, -0.05) is 13.0 Å². The molecule has 1 aromatic carbocycles. The van der Waals surface area contributed by atoms with Gasteiger partial charge in [0.15, 0.2) is 0 Å². The van der Waals surface area contributed by atoms with Gasteiger partial charge in [-0.15, -0.1) is 0 Å². The summed E-state index contributed by atoms with van der Waals surface area (Å²) >= 11 is 0. The van der Waals surface area contributed by atoms with Gasteiger partial charge in [0.1, 0.15) is 11.6 Å². The van der Waals surface area contributed by atoms with Gasteiger partial charge in [0.25, 0.3) is 0 Å². The van der Waals surface area contributed by atoms with Crippen LogP contribution in [0.2, 0.25) is 0 Å². The molecule has 0 bridgehead atoms. The zero-order chi connectivity index (χ0) is 11.4. The molecule has 0 saturated carbocycles. The van der Waals surface area contributed by atoms with Crippen LogP contribution >= 0.6 is 0 Å². The minimum atomic E-state index is -1.13. The van der Waals surface area contributed by atoms with Gasteiger partial charge in [-0.25, -0.2) is 8.78 Å². The lowest BCUT2D eigenvalue weighted by Gasteiger charge is -2.19. The number of rotatable bonds is 4. The molecule has 0 aliphatic rings. The van der Waals surface area contributed by atoms with Crippen molar-refractivity contribution in [3.05, 3.63) is 35.4 Å². The zero-order valence-electron chi connectivity index (χ0n) is 8.87. The van der Waals surface area contributed by atoms with Crippen LogP contribution in [0.15, 0.2) is 18.2 Å². The summed E-state index contributed by atoms with van der Waals surface area (Å²) in [6.07, 6.45) is -1.13. The lowest BCUT2D eigenvalue weighted by molar-refractivity contribution is 0.122. The minimum absolute atomic E-state index is 0.217. The third-order valence-corrected chi connectivity index (χ3v) is 2.36. The van der Waals surface area contributed by atoms with Gasteiger partial charge >= 0.3 is 0 Å². The predicted molar refractivity (Wildman–Crippen MR) is 54.5 cm³/mol. The number of hydrogen-bond donors (Lipinski definition) is 1. The average Bonchev–Trinajstić information content (AvgIpc) is 2.17. The van der Waals surface area contributed by atoms with E-state index in [0.717, 1.165) is 12.1 Å². The van der Waals surface area contributed by atoms with Crippen LogP contribution in [0.3, 0.4) is 0 Å². The molecule has 1 N–H and O–H groups in total. The van der Waals surface area contributed by atoms with Crippen molar-refractivity contribution in [3.63, 3.8) is 0 Å². The van der Waals surface area contributed by atoms with Crippen molar-refractivity contribution in [1.29, 1.82) is 0 Å². The second-order valence-electron chi connectivity index (χ2n) is 3.51. The molecule has 0 heterocycles. The average molecular weight is 215 g/mol. The van der Waals surface area contributed by atoms with Gasteiger partial charge in [0.05, 0.1) is 11.7 Å². The molecule has 1 unspecified atom stereocenters. The highest BCUT2D eigenvalue weighted by Crippen LogP contribution is 2.20. The number of halogens is 2. The van der Waals surface area contributed by atoms with E-state index >= 15 is 0 Å². The van der Waals surface area contributed by atoms with Crippen LogP contribution < -0.4 is 0 Å². The van der Waals surface area contributed by atoms with E-state index in [0.29, 0.717) is 6.54 Å². The van der Waals surface area contributed by atoms with Gasteiger partial charge in [0.2, 0.25) is 0 Å². The minimum Gasteiger partial charge on any atom is -0.387 e. The van der Waals surface area contributed by atoms with Crippen LogP contribution in [0.5, 0.6) is 0 Å². The molecule has 0 aliphatic heterocycles. The molecule has 0 radical (unpaired) electrons. The Hall–Kier alpha value is -1.00. The maximum absolute atomic E-state index is 13.2. The van der Waals surface area contributed by atoms with Crippen molar-refractivity contribution in [3.8, 4) is 0 Å². The number of nitrogens with zero attached hydrogens (tertiary/aromatic N) is 1. The van der Waals surface area contributed by atoms with Crippen LogP contribution in [-0.4, -0.2) is 30.1 Å². The molecule has 84 valence electrons. The lowest BCUT2D eigenvalue weighted by Crippen LogP contribution is -2.25. The summed E-state index contributed by atoms with van der Waals surface area (Å²) in [5, 5.41) is 9.66. The van der Waals surface area contributed by atoms with Crippen molar-refractivity contribution in [1.82, 2.24) is 4.90 Å². The molecule has 0 spiro atoms. The van der Waals surface area contributed by atoms with Crippen molar-refractivity contribution < 1.29 is 13.9 Å². The van der Waals surface area contributed by atoms with E-state index < -0.39 is 17.7 Å². The molecule has 0 fully saturated rings. The summed E-state index contributed by atoms with van der Waals surface area (Å²) in [7, 11) is 1.78. The molecule has 0 saturated heterocycles. The fourth-order valence-electron chi connectivity index (χ4n) is 1.34. The highest BCUT2D eigenvalue weighted by atomic mass is 19.1. The normalized spacial score (nSPS) is 13.2. The number of likely N-dealkylation sites (N-methyl/N-ethyl adjacent to an activating group) is 1. The Balaban J connectivity index is 2.86. The Morgan fingerprint density at radius 3 is 2.33 bits per heavy atom. The quantitative estimate of drug-likeness (QED) is 0.829. The van der Waals surface area contributed by atoms with E-state index in [-0.39, 0.29) is 12.1 Å². The third-order valence-electron chi connectivity index (χ3n) is 2.36. The van der Waals surface area contributed by atoms with Crippen LogP contribution in [0.4, 0.5) is 8.78 Å². The number of aliphatic hydroxyl groups excluding tert-OH is 1. The fourth-order valence-corrected chi connectivity index (χ4v) is 1.34. The summed E-state index contributed by atoms with van der Waals surface area (Å²) in [5.74, 6) is -1.40. The Kier molecular flexibility index (Phi) is 4.17. The molecule has 2 nitrogen and oxygen atoms in total. The van der Waals surface area contributed by atoms with E-state index in [4.69, 9.17) is 0 Å². The largest absolute Gasteiger partial charge is 0.387 e. The number of benzene rings is 1. The fraction of sp³-hybridized carbons (Fsp3) is 0.455. The monoisotopic (exact) mass is 215 g/mol. The van der Waals surface area contributed by atoms with Gasteiger partial charge in [-0.3, -0.25) is 0 Å². The maximum atomic E-state index is 13.2. The Morgan fingerprint density at radius 1 is 1.33 bits per heavy atom. The van der Waals surface area contributed by atoms with Crippen LogP contribution in [0.1, 0.15) is 18.6 Å². The molecule has 0 aliphatic carbocycles. The molecular weight excluding hydrogens is 200 g/mol. The molecule has 1 atom stereocenters. The van der Waals surface area contributed by atoms with Crippen molar-refractivity contribution in [2.24, 2.45) is 0 Å². The Bertz CT molecular complexity index is 310. The van der Waals surface area contributed by atoms with E-state index in [1.165, 1.54) is 6.07 Å². The maximum Gasteiger partial charge on any atom is 0.131 e. The molecule has 1 rings (SSSR count). The summed E-state index contributed by atoms with van der Waals surface area (Å²) in [6, 6.07) is 3.57. The van der Waals surface area contributed by atoms with Crippen molar-refractivity contribution in [2.75, 3.05) is 20.1 Å². The van der Waals surface area contributed by atoms with Gasteiger partial charge < -0.3 is 10.0 Å². The van der Waals surface area contributed by atoms with Crippen molar-refractivity contribution in [2.45, 2.75) is 13.0 Å². The molecule has 0 amide bonds.